The first-order valence-electron chi connectivity index (χ1n) is 8.35. The van der Waals surface area contributed by atoms with Crippen molar-refractivity contribution >= 4 is 17.4 Å². The highest BCUT2D eigenvalue weighted by Crippen LogP contribution is 2.34. The molecule has 1 aromatic heterocycles. The number of amides is 1. The number of carbonyl (C=O) groups is 2. The Hall–Kier alpha value is -2.53. The molecule has 1 unspecified atom stereocenters. The van der Waals surface area contributed by atoms with Crippen molar-refractivity contribution in [3.05, 3.63) is 59.9 Å². The molecular formula is C19H19N3O2. The van der Waals surface area contributed by atoms with E-state index in [0.29, 0.717) is 12.2 Å². The summed E-state index contributed by atoms with van der Waals surface area (Å²) in [5, 5.41) is 0. The average molecular weight is 321 g/mol. The molecule has 1 fully saturated rings. The number of fused-ring (bicyclic) bond motifs is 1. The number of ketones is 1. The number of Topliss-reactive ketones (excluding diaryl/α,β-unsaturated/α-hetero) is 1. The third kappa shape index (κ3) is 2.51. The number of aromatic nitrogens is 1. The van der Waals surface area contributed by atoms with Crippen LogP contribution >= 0.6 is 0 Å². The van der Waals surface area contributed by atoms with Crippen LogP contribution in [0.4, 0.5) is 5.69 Å². The lowest BCUT2D eigenvalue weighted by Crippen LogP contribution is -2.44. The molecule has 5 nitrogen and oxygen atoms in total. The summed E-state index contributed by atoms with van der Waals surface area (Å²) in [6.45, 7) is 1.36. The van der Waals surface area contributed by atoms with Gasteiger partial charge in [0.05, 0.1) is 17.9 Å². The van der Waals surface area contributed by atoms with E-state index in [4.69, 9.17) is 0 Å². The van der Waals surface area contributed by atoms with E-state index in [1.807, 2.05) is 24.4 Å². The molecule has 2 aliphatic rings. The molecule has 0 N–H and O–H groups in total. The molecule has 5 heteroatoms. The van der Waals surface area contributed by atoms with E-state index >= 15 is 0 Å². The van der Waals surface area contributed by atoms with Gasteiger partial charge >= 0.3 is 5.91 Å². The minimum Gasteiger partial charge on any atom is -0.291 e. The molecule has 0 bridgehead atoms. The number of benzene rings is 1. The summed E-state index contributed by atoms with van der Waals surface area (Å²) in [5.41, 5.74) is 2.41. The van der Waals surface area contributed by atoms with Gasteiger partial charge in [-0.2, -0.15) is 0 Å². The molecule has 0 spiro atoms. The normalized spacial score (nSPS) is 21.2. The number of hydrogen-bond donors (Lipinski definition) is 0. The van der Waals surface area contributed by atoms with Gasteiger partial charge in [0, 0.05) is 25.0 Å². The van der Waals surface area contributed by atoms with E-state index < -0.39 is 11.7 Å². The molecular weight excluding hydrogens is 302 g/mol. The third-order valence-corrected chi connectivity index (χ3v) is 4.88. The molecule has 1 atom stereocenters. The van der Waals surface area contributed by atoms with Gasteiger partial charge in [0.2, 0.25) is 0 Å². The van der Waals surface area contributed by atoms with Crippen LogP contribution in [0.2, 0.25) is 0 Å². The van der Waals surface area contributed by atoms with Gasteiger partial charge in [-0.05, 0) is 36.6 Å². The van der Waals surface area contributed by atoms with Crippen LogP contribution in [0.3, 0.4) is 0 Å². The smallest absolute Gasteiger partial charge is 0.291 e. The maximum atomic E-state index is 12.4. The van der Waals surface area contributed by atoms with Crippen molar-refractivity contribution in [3.63, 3.8) is 0 Å². The first-order chi connectivity index (χ1) is 11.8. The van der Waals surface area contributed by atoms with Crippen LogP contribution in [0.5, 0.6) is 0 Å². The van der Waals surface area contributed by atoms with Crippen molar-refractivity contribution in [2.24, 2.45) is 0 Å². The summed E-state index contributed by atoms with van der Waals surface area (Å²) >= 11 is 0. The first kappa shape index (κ1) is 15.0. The minimum absolute atomic E-state index is 0.239. The fourth-order valence-corrected chi connectivity index (χ4v) is 3.68. The Labute approximate surface area is 140 Å². The van der Waals surface area contributed by atoms with Gasteiger partial charge in [-0.1, -0.05) is 24.6 Å². The SMILES string of the molecule is O=C1C(=O)N(CN2CCCCC2c2cccnc2)c2ccccc21. The van der Waals surface area contributed by atoms with Crippen LogP contribution in [0.1, 0.15) is 41.2 Å². The zero-order valence-corrected chi connectivity index (χ0v) is 13.4. The molecule has 122 valence electrons. The molecule has 0 aliphatic carbocycles. The van der Waals surface area contributed by atoms with Crippen molar-refractivity contribution < 1.29 is 9.59 Å². The maximum absolute atomic E-state index is 12.4. The van der Waals surface area contributed by atoms with Gasteiger partial charge in [0.1, 0.15) is 0 Å². The number of piperidine rings is 1. The molecule has 3 heterocycles. The van der Waals surface area contributed by atoms with Crippen LogP contribution in [0.15, 0.2) is 48.8 Å². The van der Waals surface area contributed by atoms with Gasteiger partial charge in [0.15, 0.2) is 0 Å². The highest BCUT2D eigenvalue weighted by Gasteiger charge is 2.37. The zero-order valence-electron chi connectivity index (χ0n) is 13.4. The number of pyridine rings is 1. The van der Waals surface area contributed by atoms with Crippen molar-refractivity contribution in [3.8, 4) is 0 Å². The van der Waals surface area contributed by atoms with E-state index in [1.165, 1.54) is 12.0 Å². The fraction of sp³-hybridized carbons (Fsp3) is 0.316. The summed E-state index contributed by atoms with van der Waals surface area (Å²) in [5.74, 6) is -0.827. The second kappa shape index (κ2) is 6.17. The largest absolute Gasteiger partial charge is 0.300 e. The Morgan fingerprint density at radius 3 is 2.79 bits per heavy atom. The standard InChI is InChI=1S/C19H19N3O2/c23-18-15-7-1-2-9-17(15)22(19(18)24)13-21-11-4-3-8-16(21)14-6-5-10-20-12-14/h1-2,5-7,9-10,12,16H,3-4,8,11,13H2. The molecule has 1 amide bonds. The Balaban J connectivity index is 1.62. The summed E-state index contributed by atoms with van der Waals surface area (Å²) in [4.78, 5) is 32.7. The molecule has 4 rings (SSSR count). The lowest BCUT2D eigenvalue weighted by molar-refractivity contribution is -0.114. The van der Waals surface area contributed by atoms with Crippen LogP contribution in [0.25, 0.3) is 0 Å². The summed E-state index contributed by atoms with van der Waals surface area (Å²) in [6.07, 6.45) is 6.99. The van der Waals surface area contributed by atoms with Crippen molar-refractivity contribution in [1.29, 1.82) is 0 Å². The number of likely N-dealkylation sites (tertiary alicyclic amines) is 1. The van der Waals surface area contributed by atoms with E-state index in [9.17, 15) is 9.59 Å². The van der Waals surface area contributed by atoms with Crippen LogP contribution in [-0.2, 0) is 4.79 Å². The second-order valence-corrected chi connectivity index (χ2v) is 6.33. The highest BCUT2D eigenvalue weighted by molar-refractivity contribution is 6.52. The number of para-hydroxylation sites is 1. The van der Waals surface area contributed by atoms with E-state index in [0.717, 1.165) is 25.1 Å². The number of carbonyl (C=O) groups excluding carboxylic acids is 2. The number of hydrogen-bond acceptors (Lipinski definition) is 4. The number of nitrogens with zero attached hydrogens (tertiary/aromatic N) is 3. The molecule has 1 saturated heterocycles. The van der Waals surface area contributed by atoms with E-state index in [-0.39, 0.29) is 6.04 Å². The summed E-state index contributed by atoms with van der Waals surface area (Å²) in [7, 11) is 0. The molecule has 0 saturated carbocycles. The summed E-state index contributed by atoms with van der Waals surface area (Å²) in [6, 6.07) is 11.5. The Morgan fingerprint density at radius 2 is 1.96 bits per heavy atom. The van der Waals surface area contributed by atoms with Gasteiger partial charge in [0.25, 0.3) is 5.78 Å². The predicted molar refractivity (Wildman–Crippen MR) is 90.7 cm³/mol. The van der Waals surface area contributed by atoms with Crippen LogP contribution in [-0.4, -0.2) is 34.8 Å². The molecule has 2 aliphatic heterocycles. The monoisotopic (exact) mass is 321 g/mol. The van der Waals surface area contributed by atoms with Crippen LogP contribution in [0, 0.1) is 0 Å². The maximum Gasteiger partial charge on any atom is 0.300 e. The van der Waals surface area contributed by atoms with Gasteiger partial charge in [-0.25, -0.2) is 0 Å². The average Bonchev–Trinajstić information content (AvgIpc) is 2.88. The third-order valence-electron chi connectivity index (χ3n) is 4.88. The lowest BCUT2D eigenvalue weighted by Gasteiger charge is -2.38. The van der Waals surface area contributed by atoms with Crippen LogP contribution < -0.4 is 4.90 Å². The van der Waals surface area contributed by atoms with Gasteiger partial charge < -0.3 is 0 Å². The quantitative estimate of drug-likeness (QED) is 0.816. The molecule has 2 aromatic rings. The van der Waals surface area contributed by atoms with Crippen molar-refractivity contribution in [2.45, 2.75) is 25.3 Å². The fourth-order valence-electron chi connectivity index (χ4n) is 3.68. The van der Waals surface area contributed by atoms with Gasteiger partial charge in [-0.15, -0.1) is 0 Å². The topological polar surface area (TPSA) is 53.5 Å². The van der Waals surface area contributed by atoms with Crippen molar-refractivity contribution in [1.82, 2.24) is 9.88 Å². The van der Waals surface area contributed by atoms with E-state index in [1.54, 1.807) is 23.2 Å². The van der Waals surface area contributed by atoms with Gasteiger partial charge in [-0.3, -0.25) is 24.4 Å². The Morgan fingerprint density at radius 1 is 1.08 bits per heavy atom. The lowest BCUT2D eigenvalue weighted by atomic mass is 9.97. The summed E-state index contributed by atoms with van der Waals surface area (Å²) < 4.78 is 0. The number of anilines is 1. The number of rotatable bonds is 3. The highest BCUT2D eigenvalue weighted by atomic mass is 16.2. The Kier molecular flexibility index (Phi) is 3.86. The molecule has 1 aromatic carbocycles. The predicted octanol–water partition coefficient (Wildman–Crippen LogP) is 2.80. The molecule has 0 radical (unpaired) electrons. The molecule has 24 heavy (non-hydrogen) atoms. The zero-order chi connectivity index (χ0) is 16.5. The second-order valence-electron chi connectivity index (χ2n) is 6.33. The van der Waals surface area contributed by atoms with E-state index in [2.05, 4.69) is 16.0 Å². The first-order valence-corrected chi connectivity index (χ1v) is 8.35. The van der Waals surface area contributed by atoms with Crippen molar-refractivity contribution in [2.75, 3.05) is 18.1 Å². The minimum atomic E-state index is -0.424. The Bertz CT molecular complexity index is 775.